The summed E-state index contributed by atoms with van der Waals surface area (Å²) in [5, 5.41) is 0.497. The molecule has 0 aliphatic carbocycles. The summed E-state index contributed by atoms with van der Waals surface area (Å²) in [6.07, 6.45) is 0. The number of hydrogen-bond acceptors (Lipinski definition) is 4. The Morgan fingerprint density at radius 3 is 2.33 bits per heavy atom. The van der Waals surface area contributed by atoms with Crippen LogP contribution in [0.1, 0.15) is 11.1 Å². The van der Waals surface area contributed by atoms with E-state index >= 15 is 0 Å². The number of nitrogens with zero attached hydrogens (tertiary/aromatic N) is 2. The van der Waals surface area contributed by atoms with E-state index in [9.17, 15) is 26.8 Å². The van der Waals surface area contributed by atoms with Gasteiger partial charge in [-0.05, 0) is 35.9 Å². The molecule has 0 N–H and O–H groups in total. The van der Waals surface area contributed by atoms with Gasteiger partial charge in [0.05, 0.1) is 12.2 Å². The van der Waals surface area contributed by atoms with E-state index in [4.69, 9.17) is 11.6 Å². The smallest absolute Gasteiger partial charge is 0.274 e. The van der Waals surface area contributed by atoms with Crippen LogP contribution in [0.25, 0.3) is 0 Å². The Kier molecular flexibility index (Phi) is 4.80. The zero-order valence-electron chi connectivity index (χ0n) is 16.8. The molecule has 0 radical (unpaired) electrons. The maximum absolute atomic E-state index is 14.0. The van der Waals surface area contributed by atoms with Crippen LogP contribution in [0, 0.1) is 11.6 Å². The third-order valence-electron chi connectivity index (χ3n) is 5.84. The SMILES string of the molecule is O=C1CS(=O)(=O)[C@@]2(C(=O)N(Cc3ccc(Cl)cc3)c3ccccc32)N1c1ccc(F)c(F)c1. The molecule has 0 saturated carbocycles. The summed E-state index contributed by atoms with van der Waals surface area (Å²) in [6.45, 7) is 0.0180. The lowest BCUT2D eigenvalue weighted by molar-refractivity contribution is -0.123. The van der Waals surface area contributed by atoms with Crippen LogP contribution >= 0.6 is 11.6 Å². The van der Waals surface area contributed by atoms with Crippen molar-refractivity contribution in [2.45, 2.75) is 11.4 Å². The summed E-state index contributed by atoms with van der Waals surface area (Å²) in [5.41, 5.74) is 0.847. The van der Waals surface area contributed by atoms with Crippen LogP contribution in [0.2, 0.25) is 5.02 Å². The highest BCUT2D eigenvalue weighted by Gasteiger charge is 2.69. The van der Waals surface area contributed by atoms with Gasteiger partial charge >= 0.3 is 0 Å². The average molecular weight is 489 g/mol. The molecule has 2 aliphatic rings. The topological polar surface area (TPSA) is 74.8 Å². The maximum Gasteiger partial charge on any atom is 0.274 e. The van der Waals surface area contributed by atoms with Crippen LogP contribution in [-0.4, -0.2) is 26.0 Å². The van der Waals surface area contributed by atoms with Crippen LogP contribution in [-0.2, 0) is 30.8 Å². The number of sulfone groups is 1. The van der Waals surface area contributed by atoms with Crippen molar-refractivity contribution in [1.82, 2.24) is 0 Å². The summed E-state index contributed by atoms with van der Waals surface area (Å²) in [4.78, 5) is 26.5. The van der Waals surface area contributed by atoms with Gasteiger partial charge in [-0.2, -0.15) is 0 Å². The molecule has 3 aromatic rings. The molecule has 1 saturated heterocycles. The number of carbonyl (C=O) groups is 2. The number of amides is 2. The Labute approximate surface area is 192 Å². The maximum atomic E-state index is 14.0. The first-order valence-electron chi connectivity index (χ1n) is 9.83. The van der Waals surface area contributed by atoms with Crippen LogP contribution in [0.15, 0.2) is 66.7 Å². The second-order valence-corrected chi connectivity index (χ2v) is 10.3. The Bertz CT molecular complexity index is 1430. The zero-order valence-corrected chi connectivity index (χ0v) is 18.4. The van der Waals surface area contributed by atoms with E-state index in [1.165, 1.54) is 11.0 Å². The van der Waals surface area contributed by atoms with E-state index in [1.54, 1.807) is 42.5 Å². The van der Waals surface area contributed by atoms with Crippen LogP contribution in [0.4, 0.5) is 20.2 Å². The molecular weight excluding hydrogens is 474 g/mol. The van der Waals surface area contributed by atoms with Crippen molar-refractivity contribution in [2.24, 2.45) is 0 Å². The predicted molar refractivity (Wildman–Crippen MR) is 118 cm³/mol. The number of halogens is 3. The van der Waals surface area contributed by atoms with Crippen molar-refractivity contribution >= 4 is 44.6 Å². The Morgan fingerprint density at radius 1 is 0.939 bits per heavy atom. The largest absolute Gasteiger partial charge is 0.304 e. The molecule has 1 atom stereocenters. The molecule has 0 aromatic heterocycles. The molecule has 0 bridgehead atoms. The van der Waals surface area contributed by atoms with Gasteiger partial charge in [-0.3, -0.25) is 14.5 Å². The standard InChI is InChI=1S/C23H15ClF2N2O4S/c24-15-7-5-14(6-8-15)12-27-20-4-2-1-3-17(20)23(22(27)30)28(21(29)13-33(23,31)32)16-9-10-18(25)19(26)11-16/h1-11H,12-13H2/t23-/m0/s1. The van der Waals surface area contributed by atoms with Crippen molar-refractivity contribution in [2.75, 3.05) is 15.6 Å². The van der Waals surface area contributed by atoms with Crippen molar-refractivity contribution in [3.8, 4) is 0 Å². The molecule has 168 valence electrons. The summed E-state index contributed by atoms with van der Waals surface area (Å²) in [6, 6.07) is 15.5. The zero-order chi connectivity index (χ0) is 23.5. The van der Waals surface area contributed by atoms with Gasteiger partial charge in [-0.25, -0.2) is 17.2 Å². The summed E-state index contributed by atoms with van der Waals surface area (Å²) < 4.78 is 54.5. The lowest BCUT2D eigenvalue weighted by Crippen LogP contribution is -2.54. The third-order valence-corrected chi connectivity index (χ3v) is 8.19. The molecule has 6 nitrogen and oxygen atoms in total. The first-order chi connectivity index (χ1) is 15.7. The molecular formula is C23H15ClF2N2O4S. The van der Waals surface area contributed by atoms with Crippen molar-refractivity contribution in [3.05, 3.63) is 94.5 Å². The highest BCUT2D eigenvalue weighted by atomic mass is 35.5. The quantitative estimate of drug-likeness (QED) is 0.562. The molecule has 2 amide bonds. The van der Waals surface area contributed by atoms with Crippen molar-refractivity contribution in [1.29, 1.82) is 0 Å². The van der Waals surface area contributed by atoms with Crippen LogP contribution < -0.4 is 9.80 Å². The summed E-state index contributed by atoms with van der Waals surface area (Å²) >= 11 is 5.94. The summed E-state index contributed by atoms with van der Waals surface area (Å²) in [5.74, 6) is -5.14. The molecule has 0 unspecified atom stereocenters. The predicted octanol–water partition coefficient (Wildman–Crippen LogP) is 3.78. The third kappa shape index (κ3) is 2.99. The molecule has 2 aliphatic heterocycles. The molecule has 2 heterocycles. The normalized spacial score (nSPS) is 21.2. The monoisotopic (exact) mass is 488 g/mol. The van der Waals surface area contributed by atoms with Gasteiger partial charge in [0, 0.05) is 22.3 Å². The van der Waals surface area contributed by atoms with Crippen molar-refractivity contribution < 1.29 is 26.8 Å². The first kappa shape index (κ1) is 21.5. The van der Waals surface area contributed by atoms with Crippen molar-refractivity contribution in [3.63, 3.8) is 0 Å². The minimum absolute atomic E-state index is 0.0180. The number of rotatable bonds is 3. The number of para-hydroxylation sites is 1. The van der Waals surface area contributed by atoms with E-state index < -0.39 is 43.9 Å². The first-order valence-corrected chi connectivity index (χ1v) is 11.9. The number of carbonyl (C=O) groups excluding carboxylic acids is 2. The fourth-order valence-corrected chi connectivity index (χ4v) is 6.60. The molecule has 1 spiro atoms. The average Bonchev–Trinajstić information content (AvgIpc) is 3.14. The van der Waals surface area contributed by atoms with E-state index in [0.717, 1.165) is 17.0 Å². The van der Waals surface area contributed by atoms with E-state index in [0.29, 0.717) is 22.3 Å². The Hall–Kier alpha value is -3.30. The number of fused-ring (bicyclic) bond motifs is 2. The number of anilines is 2. The second kappa shape index (κ2) is 7.36. The van der Waals surface area contributed by atoms with Gasteiger partial charge in [-0.1, -0.05) is 41.9 Å². The fourth-order valence-electron chi connectivity index (χ4n) is 4.45. The summed E-state index contributed by atoms with van der Waals surface area (Å²) in [7, 11) is -4.40. The van der Waals surface area contributed by atoms with Gasteiger partial charge in [-0.15, -0.1) is 0 Å². The van der Waals surface area contributed by atoms with E-state index in [-0.39, 0.29) is 17.8 Å². The van der Waals surface area contributed by atoms with Gasteiger partial charge in [0.2, 0.25) is 5.91 Å². The van der Waals surface area contributed by atoms with Gasteiger partial charge in [0.1, 0.15) is 5.75 Å². The number of benzene rings is 3. The molecule has 3 aromatic carbocycles. The highest BCUT2D eigenvalue weighted by Crippen LogP contribution is 2.52. The molecule has 10 heteroatoms. The van der Waals surface area contributed by atoms with Crippen LogP contribution in [0.5, 0.6) is 0 Å². The highest BCUT2D eigenvalue weighted by molar-refractivity contribution is 7.94. The molecule has 33 heavy (non-hydrogen) atoms. The Balaban J connectivity index is 1.73. The lowest BCUT2D eigenvalue weighted by Gasteiger charge is -2.32. The van der Waals surface area contributed by atoms with Crippen LogP contribution in [0.3, 0.4) is 0 Å². The van der Waals surface area contributed by atoms with E-state index in [1.807, 2.05) is 0 Å². The number of hydrogen-bond donors (Lipinski definition) is 0. The fraction of sp³-hybridized carbons (Fsp3) is 0.130. The minimum atomic E-state index is -4.40. The van der Waals surface area contributed by atoms with E-state index in [2.05, 4.69) is 0 Å². The van der Waals surface area contributed by atoms with Gasteiger partial charge < -0.3 is 4.90 Å². The molecule has 5 rings (SSSR count). The molecule has 1 fully saturated rings. The van der Waals surface area contributed by atoms with Gasteiger partial charge in [0.25, 0.3) is 10.8 Å². The Morgan fingerprint density at radius 2 is 1.64 bits per heavy atom. The minimum Gasteiger partial charge on any atom is -0.304 e. The lowest BCUT2D eigenvalue weighted by atomic mass is 10.0. The second-order valence-electron chi connectivity index (χ2n) is 7.77. The van der Waals surface area contributed by atoms with Gasteiger partial charge in [0.15, 0.2) is 21.5 Å².